The van der Waals surface area contributed by atoms with Crippen molar-refractivity contribution in [1.82, 2.24) is 5.32 Å². The Hall–Kier alpha value is -1.62. The molecule has 0 fully saturated rings. The quantitative estimate of drug-likeness (QED) is 0.670. The van der Waals surface area contributed by atoms with E-state index < -0.39 is 6.09 Å². The minimum atomic E-state index is -1.33. The molecule has 4 N–H and O–H groups in total. The van der Waals surface area contributed by atoms with Crippen LogP contribution in [0.4, 0.5) is 9.18 Å². The highest BCUT2D eigenvalue weighted by Crippen LogP contribution is 2.01. The van der Waals surface area contributed by atoms with Crippen molar-refractivity contribution < 1.29 is 14.3 Å². The summed E-state index contributed by atoms with van der Waals surface area (Å²) in [5.74, 6) is -0.173. The number of primary amides is 1. The molecule has 0 saturated carbocycles. The van der Waals surface area contributed by atoms with E-state index in [1.807, 2.05) is 13.1 Å². The molecule has 78 valence electrons. The summed E-state index contributed by atoms with van der Waals surface area (Å²) in [6, 6.07) is 6.57. The second-order valence-electron chi connectivity index (χ2n) is 2.50. The molecule has 0 aliphatic heterocycles. The third-order valence-electron chi connectivity index (χ3n) is 1.27. The van der Waals surface area contributed by atoms with E-state index in [2.05, 4.69) is 11.1 Å². The average Bonchev–Trinajstić information content (AvgIpc) is 2.03. The Morgan fingerprint density at radius 2 is 2.21 bits per heavy atom. The molecule has 0 spiro atoms. The maximum Gasteiger partial charge on any atom is 0.402 e. The van der Waals surface area contributed by atoms with E-state index in [4.69, 9.17) is 9.90 Å². The van der Waals surface area contributed by atoms with Gasteiger partial charge in [-0.1, -0.05) is 12.1 Å². The zero-order valence-electron chi connectivity index (χ0n) is 7.83. The molecule has 0 aliphatic carbocycles. The molecular weight excluding hydrogens is 187 g/mol. The van der Waals surface area contributed by atoms with Crippen molar-refractivity contribution >= 4 is 6.09 Å². The molecular formula is C9H13FN2O2. The Balaban J connectivity index is 0.000000364. The Bertz CT molecular complexity index is 288. The fraction of sp³-hybridized carbons (Fsp3) is 0.222. The Kier molecular flexibility index (Phi) is 6.06. The lowest BCUT2D eigenvalue weighted by atomic mass is 10.2. The van der Waals surface area contributed by atoms with Gasteiger partial charge >= 0.3 is 6.09 Å². The fourth-order valence-electron chi connectivity index (χ4n) is 0.851. The van der Waals surface area contributed by atoms with Crippen LogP contribution in [0, 0.1) is 5.82 Å². The number of nitrogens with two attached hydrogens (primary N) is 1. The first kappa shape index (κ1) is 12.4. The smallest absolute Gasteiger partial charge is 0.402 e. The minimum Gasteiger partial charge on any atom is -0.465 e. The fourth-order valence-corrected chi connectivity index (χ4v) is 0.851. The highest BCUT2D eigenvalue weighted by atomic mass is 19.1. The first-order valence-electron chi connectivity index (χ1n) is 3.93. The van der Waals surface area contributed by atoms with Gasteiger partial charge in [0, 0.05) is 6.54 Å². The van der Waals surface area contributed by atoms with Crippen LogP contribution in [0.15, 0.2) is 24.3 Å². The third-order valence-corrected chi connectivity index (χ3v) is 1.27. The number of rotatable bonds is 2. The van der Waals surface area contributed by atoms with Crippen LogP contribution in [0.25, 0.3) is 0 Å². The summed E-state index contributed by atoms with van der Waals surface area (Å²) in [5, 5.41) is 10.1. The number of hydrogen-bond acceptors (Lipinski definition) is 2. The lowest BCUT2D eigenvalue weighted by molar-refractivity contribution is 0.205. The van der Waals surface area contributed by atoms with Crippen molar-refractivity contribution in [2.45, 2.75) is 6.54 Å². The molecule has 0 saturated heterocycles. The summed E-state index contributed by atoms with van der Waals surface area (Å²) in [4.78, 5) is 8.78. The topological polar surface area (TPSA) is 75.3 Å². The molecule has 1 aromatic rings. The van der Waals surface area contributed by atoms with E-state index in [0.717, 1.165) is 12.1 Å². The summed E-state index contributed by atoms with van der Waals surface area (Å²) < 4.78 is 12.5. The van der Waals surface area contributed by atoms with Crippen molar-refractivity contribution in [3.63, 3.8) is 0 Å². The van der Waals surface area contributed by atoms with Crippen molar-refractivity contribution in [2.75, 3.05) is 7.05 Å². The van der Waals surface area contributed by atoms with Gasteiger partial charge in [0.25, 0.3) is 0 Å². The third kappa shape index (κ3) is 7.05. The number of halogens is 1. The van der Waals surface area contributed by atoms with Crippen molar-refractivity contribution in [3.05, 3.63) is 35.6 Å². The van der Waals surface area contributed by atoms with Crippen LogP contribution < -0.4 is 11.1 Å². The normalized spacial score (nSPS) is 8.71. The monoisotopic (exact) mass is 200 g/mol. The Labute approximate surface area is 81.5 Å². The maximum absolute atomic E-state index is 12.5. The van der Waals surface area contributed by atoms with Crippen molar-refractivity contribution in [2.24, 2.45) is 5.73 Å². The van der Waals surface area contributed by atoms with E-state index >= 15 is 0 Å². The van der Waals surface area contributed by atoms with Crippen molar-refractivity contribution in [1.29, 1.82) is 0 Å². The first-order chi connectivity index (χ1) is 6.56. The van der Waals surface area contributed by atoms with Crippen LogP contribution in [-0.4, -0.2) is 18.2 Å². The zero-order chi connectivity index (χ0) is 11.0. The van der Waals surface area contributed by atoms with Gasteiger partial charge in [-0.25, -0.2) is 9.18 Å². The average molecular weight is 200 g/mol. The van der Waals surface area contributed by atoms with Crippen molar-refractivity contribution in [3.8, 4) is 0 Å². The molecule has 0 bridgehead atoms. The van der Waals surface area contributed by atoms with Gasteiger partial charge in [0.1, 0.15) is 5.82 Å². The van der Waals surface area contributed by atoms with E-state index in [0.29, 0.717) is 0 Å². The van der Waals surface area contributed by atoms with Crippen LogP contribution in [-0.2, 0) is 6.54 Å². The van der Waals surface area contributed by atoms with Gasteiger partial charge in [-0.2, -0.15) is 0 Å². The van der Waals surface area contributed by atoms with E-state index in [1.165, 1.54) is 12.1 Å². The molecule has 0 aromatic heterocycles. The highest BCUT2D eigenvalue weighted by molar-refractivity contribution is 5.61. The highest BCUT2D eigenvalue weighted by Gasteiger charge is 1.91. The number of nitrogens with one attached hydrogen (secondary N) is 1. The number of hydrogen-bond donors (Lipinski definition) is 3. The molecule has 0 radical (unpaired) electrons. The molecule has 1 rings (SSSR count). The molecule has 0 aliphatic rings. The maximum atomic E-state index is 12.5. The van der Waals surface area contributed by atoms with Crippen LogP contribution in [0.1, 0.15) is 5.56 Å². The molecule has 5 heteroatoms. The van der Waals surface area contributed by atoms with E-state index in [-0.39, 0.29) is 5.82 Å². The molecule has 1 aromatic carbocycles. The standard InChI is InChI=1S/C8H10FN.CH3NO2/c1-10-6-7-3-2-4-8(9)5-7;2-1(3)4/h2-5,10H,6H2,1H3;2H2,(H,3,4). The van der Waals surface area contributed by atoms with Gasteiger partial charge in [-0.3, -0.25) is 0 Å². The summed E-state index contributed by atoms with van der Waals surface area (Å²) in [5.41, 5.74) is 5.00. The predicted octanol–water partition coefficient (Wildman–Crippen LogP) is 1.17. The zero-order valence-corrected chi connectivity index (χ0v) is 7.83. The van der Waals surface area contributed by atoms with Gasteiger partial charge in [-0.05, 0) is 24.7 Å². The van der Waals surface area contributed by atoms with Gasteiger partial charge < -0.3 is 16.2 Å². The lowest BCUT2D eigenvalue weighted by Crippen LogP contribution is -2.04. The summed E-state index contributed by atoms with van der Waals surface area (Å²) >= 11 is 0. The molecule has 0 unspecified atom stereocenters. The second kappa shape index (κ2) is 6.85. The van der Waals surface area contributed by atoms with Gasteiger partial charge in [0.2, 0.25) is 0 Å². The number of amides is 1. The largest absolute Gasteiger partial charge is 0.465 e. The molecule has 1 amide bonds. The van der Waals surface area contributed by atoms with Gasteiger partial charge in [0.05, 0.1) is 0 Å². The molecule has 0 atom stereocenters. The SMILES string of the molecule is CNCc1cccc(F)c1.NC(=O)O. The molecule has 14 heavy (non-hydrogen) atoms. The predicted molar refractivity (Wildman–Crippen MR) is 51.4 cm³/mol. The number of carbonyl (C=O) groups is 1. The second-order valence-corrected chi connectivity index (χ2v) is 2.50. The van der Waals surface area contributed by atoms with Crippen LogP contribution >= 0.6 is 0 Å². The van der Waals surface area contributed by atoms with Gasteiger partial charge in [0.15, 0.2) is 0 Å². The first-order valence-corrected chi connectivity index (χ1v) is 3.93. The lowest BCUT2D eigenvalue weighted by Gasteiger charge is -1.97. The van der Waals surface area contributed by atoms with E-state index in [9.17, 15) is 4.39 Å². The minimum absolute atomic E-state index is 0.173. The van der Waals surface area contributed by atoms with Crippen LogP contribution in [0.2, 0.25) is 0 Å². The summed E-state index contributed by atoms with van der Waals surface area (Å²) in [6.07, 6.45) is -1.33. The van der Waals surface area contributed by atoms with Gasteiger partial charge in [-0.15, -0.1) is 0 Å². The number of benzene rings is 1. The van der Waals surface area contributed by atoms with Crippen LogP contribution in [0.3, 0.4) is 0 Å². The number of carboxylic acid groups (broad SMARTS) is 1. The Morgan fingerprint density at radius 3 is 2.64 bits per heavy atom. The molecule has 0 heterocycles. The van der Waals surface area contributed by atoms with Crippen LogP contribution in [0.5, 0.6) is 0 Å². The summed E-state index contributed by atoms with van der Waals surface area (Å²) in [6.45, 7) is 0.720. The Morgan fingerprint density at radius 1 is 1.64 bits per heavy atom. The van der Waals surface area contributed by atoms with E-state index in [1.54, 1.807) is 6.07 Å². The molecule has 4 nitrogen and oxygen atoms in total. The summed E-state index contributed by atoms with van der Waals surface area (Å²) in [7, 11) is 1.84.